The molecule has 1 aromatic carbocycles. The van der Waals surface area contributed by atoms with E-state index < -0.39 is 0 Å². The minimum atomic E-state index is -0.341. The minimum Gasteiger partial charge on any atom is -0.469 e. The summed E-state index contributed by atoms with van der Waals surface area (Å²) < 4.78 is 6.66. The second-order valence-electron chi connectivity index (χ2n) is 11.7. The smallest absolute Gasteiger partial charge is 0.307 e. The summed E-state index contributed by atoms with van der Waals surface area (Å²) in [6.07, 6.45) is 11.9. The highest BCUT2D eigenvalue weighted by molar-refractivity contribution is 6.10. The number of aromatic nitrogens is 1. The van der Waals surface area contributed by atoms with Crippen LogP contribution in [0.25, 0.3) is 5.52 Å². The van der Waals surface area contributed by atoms with Crippen LogP contribution in [0.4, 0.5) is 0 Å². The van der Waals surface area contributed by atoms with Gasteiger partial charge in [0.1, 0.15) is 0 Å². The zero-order valence-corrected chi connectivity index (χ0v) is 27.7. The molecule has 0 bridgehead atoms. The van der Waals surface area contributed by atoms with Crippen LogP contribution in [0.3, 0.4) is 0 Å². The van der Waals surface area contributed by atoms with Gasteiger partial charge in [0.2, 0.25) is 5.78 Å². The van der Waals surface area contributed by atoms with Gasteiger partial charge in [-0.2, -0.15) is 0 Å². The highest BCUT2D eigenvalue weighted by Gasteiger charge is 2.21. The minimum absolute atomic E-state index is 0.000277. The molecule has 0 spiro atoms. The number of benzene rings is 1. The number of ether oxygens (including phenoxy) is 1. The van der Waals surface area contributed by atoms with Crippen molar-refractivity contribution in [3.05, 3.63) is 76.6 Å². The standard InChI is InChI=1S/C37H53N3O4/c1-6-10-15-31-27-33-28-32(37(43)39(9-4)25-21-34(41)44-5)20-26-40(33)35(31)36(42)30-18-16-29(17-19-30)14-13-24-38(22-11-7-2)23-12-8-3/h16-20,26-28H,6-15,21-25H2,1-5H3. The Bertz CT molecular complexity index is 1340. The van der Waals surface area contributed by atoms with E-state index in [0.717, 1.165) is 49.7 Å². The van der Waals surface area contributed by atoms with Gasteiger partial charge in [-0.15, -0.1) is 0 Å². The summed E-state index contributed by atoms with van der Waals surface area (Å²) in [5.41, 5.74) is 4.97. The third-order valence-electron chi connectivity index (χ3n) is 8.41. The van der Waals surface area contributed by atoms with Crippen LogP contribution in [0, 0.1) is 0 Å². The van der Waals surface area contributed by atoms with Crippen molar-refractivity contribution >= 4 is 23.2 Å². The van der Waals surface area contributed by atoms with Crippen LogP contribution in [0.2, 0.25) is 0 Å². The summed E-state index contributed by atoms with van der Waals surface area (Å²) in [4.78, 5) is 43.1. The van der Waals surface area contributed by atoms with E-state index in [1.54, 1.807) is 11.0 Å². The summed E-state index contributed by atoms with van der Waals surface area (Å²) in [6.45, 7) is 12.8. The van der Waals surface area contributed by atoms with Crippen LogP contribution in [0.1, 0.15) is 117 Å². The predicted octanol–water partition coefficient (Wildman–Crippen LogP) is 7.37. The van der Waals surface area contributed by atoms with E-state index in [0.29, 0.717) is 29.9 Å². The number of amides is 1. The molecule has 2 heterocycles. The van der Waals surface area contributed by atoms with Gasteiger partial charge >= 0.3 is 5.97 Å². The Morgan fingerprint density at radius 2 is 1.41 bits per heavy atom. The monoisotopic (exact) mass is 603 g/mol. The average molecular weight is 604 g/mol. The summed E-state index contributed by atoms with van der Waals surface area (Å²) in [7, 11) is 1.35. The number of hydrogen-bond acceptors (Lipinski definition) is 5. The number of hydrogen-bond donors (Lipinski definition) is 0. The molecule has 1 amide bonds. The van der Waals surface area contributed by atoms with Crippen molar-refractivity contribution in [3.8, 4) is 0 Å². The number of methoxy groups -OCH3 is 1. The van der Waals surface area contributed by atoms with Crippen molar-refractivity contribution in [2.24, 2.45) is 0 Å². The van der Waals surface area contributed by atoms with Gasteiger partial charge < -0.3 is 18.9 Å². The lowest BCUT2D eigenvalue weighted by Gasteiger charge is -2.21. The molecule has 0 radical (unpaired) electrons. The normalized spacial score (nSPS) is 11.3. The summed E-state index contributed by atoms with van der Waals surface area (Å²) in [6, 6.07) is 13.8. The fourth-order valence-corrected chi connectivity index (χ4v) is 5.66. The van der Waals surface area contributed by atoms with Gasteiger partial charge in [-0.05, 0) is 94.4 Å². The molecular weight excluding hydrogens is 550 g/mol. The fourth-order valence-electron chi connectivity index (χ4n) is 5.66. The third kappa shape index (κ3) is 9.78. The van der Waals surface area contributed by atoms with Gasteiger partial charge in [0.15, 0.2) is 0 Å². The average Bonchev–Trinajstić information content (AvgIpc) is 3.42. The Balaban J connectivity index is 1.77. The molecule has 240 valence electrons. The largest absolute Gasteiger partial charge is 0.469 e. The molecule has 0 N–H and O–H groups in total. The van der Waals surface area contributed by atoms with Gasteiger partial charge in [-0.3, -0.25) is 14.4 Å². The first-order valence-corrected chi connectivity index (χ1v) is 16.7. The molecule has 7 heteroatoms. The molecule has 0 aliphatic carbocycles. The lowest BCUT2D eigenvalue weighted by atomic mass is 10.00. The van der Waals surface area contributed by atoms with Crippen molar-refractivity contribution in [2.45, 2.75) is 91.9 Å². The predicted molar refractivity (Wildman–Crippen MR) is 179 cm³/mol. The van der Waals surface area contributed by atoms with Crippen LogP contribution < -0.4 is 0 Å². The number of fused-ring (bicyclic) bond motifs is 1. The Labute approximate surface area is 264 Å². The number of unbranched alkanes of at least 4 members (excludes halogenated alkanes) is 3. The van der Waals surface area contributed by atoms with Crippen LogP contribution >= 0.6 is 0 Å². The van der Waals surface area contributed by atoms with E-state index in [2.05, 4.69) is 37.8 Å². The zero-order chi connectivity index (χ0) is 31.9. The van der Waals surface area contributed by atoms with E-state index >= 15 is 0 Å². The van der Waals surface area contributed by atoms with Gasteiger partial charge in [0.05, 0.1) is 19.2 Å². The number of pyridine rings is 1. The molecule has 0 aliphatic heterocycles. The molecule has 0 unspecified atom stereocenters. The number of esters is 1. The first-order chi connectivity index (χ1) is 21.4. The quantitative estimate of drug-likeness (QED) is 0.0996. The molecule has 2 aromatic heterocycles. The molecule has 0 saturated carbocycles. The SMILES string of the molecule is CCCCc1cc2cc(C(=O)N(CC)CCC(=O)OC)ccn2c1C(=O)c1ccc(CCCN(CCCC)CCCC)cc1. The Kier molecular flexibility index (Phi) is 14.6. The topological polar surface area (TPSA) is 71.3 Å². The van der Waals surface area contributed by atoms with E-state index in [1.807, 2.05) is 41.8 Å². The maximum atomic E-state index is 13.9. The van der Waals surface area contributed by atoms with Gasteiger partial charge in [0.25, 0.3) is 5.91 Å². The number of aryl methyl sites for hydroxylation is 2. The maximum Gasteiger partial charge on any atom is 0.307 e. The molecule has 0 fully saturated rings. The fraction of sp³-hybridized carbons (Fsp3) is 0.541. The van der Waals surface area contributed by atoms with Crippen molar-refractivity contribution in [1.82, 2.24) is 14.2 Å². The number of carbonyl (C=O) groups is 3. The number of carbonyl (C=O) groups excluding carboxylic acids is 3. The second-order valence-corrected chi connectivity index (χ2v) is 11.7. The lowest BCUT2D eigenvalue weighted by molar-refractivity contribution is -0.140. The van der Waals surface area contributed by atoms with E-state index in [4.69, 9.17) is 4.74 Å². The summed E-state index contributed by atoms with van der Waals surface area (Å²) in [5.74, 6) is -0.482. The first kappa shape index (κ1) is 35.0. The van der Waals surface area contributed by atoms with Gasteiger partial charge in [0, 0.05) is 35.9 Å². The third-order valence-corrected chi connectivity index (χ3v) is 8.41. The number of ketones is 1. The zero-order valence-electron chi connectivity index (χ0n) is 27.7. The molecule has 7 nitrogen and oxygen atoms in total. The van der Waals surface area contributed by atoms with E-state index in [-0.39, 0.29) is 24.1 Å². The molecule has 3 aromatic rings. The van der Waals surface area contributed by atoms with E-state index in [9.17, 15) is 14.4 Å². The van der Waals surface area contributed by atoms with Crippen LogP contribution in [0.15, 0.2) is 48.7 Å². The Morgan fingerprint density at radius 3 is 2.02 bits per heavy atom. The van der Waals surface area contributed by atoms with E-state index in [1.165, 1.54) is 51.4 Å². The molecular formula is C37H53N3O4. The van der Waals surface area contributed by atoms with Crippen LogP contribution in [-0.4, -0.2) is 71.7 Å². The number of rotatable bonds is 20. The van der Waals surface area contributed by atoms with Gasteiger partial charge in [-0.25, -0.2) is 0 Å². The van der Waals surface area contributed by atoms with Crippen molar-refractivity contribution < 1.29 is 19.1 Å². The van der Waals surface area contributed by atoms with Gasteiger partial charge in [-0.1, -0.05) is 64.3 Å². The summed E-state index contributed by atoms with van der Waals surface area (Å²) in [5, 5.41) is 0. The highest BCUT2D eigenvalue weighted by Crippen LogP contribution is 2.24. The highest BCUT2D eigenvalue weighted by atomic mass is 16.5. The van der Waals surface area contributed by atoms with Crippen LogP contribution in [0.5, 0.6) is 0 Å². The van der Waals surface area contributed by atoms with Crippen molar-refractivity contribution in [2.75, 3.05) is 39.8 Å². The Hall–Kier alpha value is -3.45. The number of nitrogens with zero attached hydrogens (tertiary/aromatic N) is 3. The first-order valence-electron chi connectivity index (χ1n) is 16.7. The van der Waals surface area contributed by atoms with Crippen molar-refractivity contribution in [3.63, 3.8) is 0 Å². The lowest BCUT2D eigenvalue weighted by Crippen LogP contribution is -2.33. The molecule has 3 rings (SSSR count). The van der Waals surface area contributed by atoms with Crippen LogP contribution in [-0.2, 0) is 22.4 Å². The summed E-state index contributed by atoms with van der Waals surface area (Å²) >= 11 is 0. The molecule has 0 atom stereocenters. The molecule has 0 saturated heterocycles. The van der Waals surface area contributed by atoms with Crippen molar-refractivity contribution in [1.29, 1.82) is 0 Å². The maximum absolute atomic E-state index is 13.9. The molecule has 0 aliphatic rings. The Morgan fingerprint density at radius 1 is 0.750 bits per heavy atom. The second kappa shape index (κ2) is 18.4. The molecule has 44 heavy (non-hydrogen) atoms.